The molecule has 29 heavy (non-hydrogen) atoms. The molecule has 2 aromatic carbocycles. The molecule has 2 N–H and O–H groups in total. The molecule has 3 rings (SSSR count). The number of hydrazone groups is 1. The van der Waals surface area contributed by atoms with Gasteiger partial charge < -0.3 is 9.52 Å². The molecule has 0 aliphatic carbocycles. The van der Waals surface area contributed by atoms with E-state index in [9.17, 15) is 14.9 Å². The van der Waals surface area contributed by atoms with Crippen LogP contribution in [-0.4, -0.2) is 22.2 Å². The van der Waals surface area contributed by atoms with Crippen LogP contribution in [0.1, 0.15) is 27.2 Å². The molecule has 0 saturated carbocycles. The Bertz CT molecular complexity index is 1140. The Morgan fingerprint density at radius 2 is 1.93 bits per heavy atom. The molecule has 0 saturated heterocycles. The predicted molar refractivity (Wildman–Crippen MR) is 110 cm³/mol. The minimum atomic E-state index is -1.15. The summed E-state index contributed by atoms with van der Waals surface area (Å²) in [5.41, 5.74) is 5.16. The highest BCUT2D eigenvalue weighted by atomic mass is 35.5. The minimum absolute atomic E-state index is 0.0357. The van der Waals surface area contributed by atoms with Crippen molar-refractivity contribution in [2.24, 2.45) is 5.10 Å². The van der Waals surface area contributed by atoms with Gasteiger partial charge in [-0.2, -0.15) is 5.10 Å². The van der Waals surface area contributed by atoms with E-state index in [1.54, 1.807) is 24.3 Å². The number of halogens is 1. The molecule has 1 heterocycles. The number of carbonyl (C=O) groups is 1. The lowest BCUT2D eigenvalue weighted by Gasteiger charge is -2.05. The van der Waals surface area contributed by atoms with Crippen molar-refractivity contribution in [3.8, 4) is 11.3 Å². The average Bonchev–Trinajstić information content (AvgIpc) is 3.13. The van der Waals surface area contributed by atoms with Crippen LogP contribution in [0.4, 0.5) is 11.4 Å². The van der Waals surface area contributed by atoms with E-state index in [1.807, 2.05) is 13.8 Å². The van der Waals surface area contributed by atoms with Crippen LogP contribution in [0.15, 0.2) is 52.0 Å². The quantitative estimate of drug-likeness (QED) is 0.323. The molecule has 3 aromatic rings. The first-order valence-electron chi connectivity index (χ1n) is 8.44. The van der Waals surface area contributed by atoms with Gasteiger partial charge in [0.15, 0.2) is 0 Å². The van der Waals surface area contributed by atoms with E-state index in [0.717, 1.165) is 11.1 Å². The largest absolute Gasteiger partial charge is 0.478 e. The maximum atomic E-state index is 11.4. The summed E-state index contributed by atoms with van der Waals surface area (Å²) in [6.45, 7) is 3.68. The summed E-state index contributed by atoms with van der Waals surface area (Å²) in [6, 6.07) is 10.9. The topological polar surface area (TPSA) is 118 Å². The third-order valence-electron chi connectivity index (χ3n) is 4.28. The van der Waals surface area contributed by atoms with Gasteiger partial charge >= 0.3 is 5.97 Å². The molecule has 0 unspecified atom stereocenters. The van der Waals surface area contributed by atoms with Gasteiger partial charge in [0.25, 0.3) is 5.69 Å². The van der Waals surface area contributed by atoms with Gasteiger partial charge in [-0.05, 0) is 61.4 Å². The van der Waals surface area contributed by atoms with Crippen molar-refractivity contribution in [3.05, 3.63) is 80.1 Å². The number of aromatic carboxylic acids is 1. The Kier molecular flexibility index (Phi) is 5.65. The summed E-state index contributed by atoms with van der Waals surface area (Å²) in [6.07, 6.45) is 1.38. The Labute approximate surface area is 170 Å². The smallest absolute Gasteiger partial charge is 0.337 e. The SMILES string of the molecule is Cc1cc(-c2ccc(C=NNc3ccc(Cl)c(C(=O)O)c3)o2)c([N+](=O)[O-])cc1C. The second-order valence-corrected chi connectivity index (χ2v) is 6.69. The van der Waals surface area contributed by atoms with Gasteiger partial charge in [-0.25, -0.2) is 4.79 Å². The molecule has 148 valence electrons. The number of carboxylic acids is 1. The van der Waals surface area contributed by atoms with Crippen molar-refractivity contribution in [3.63, 3.8) is 0 Å². The van der Waals surface area contributed by atoms with Gasteiger partial charge in [0, 0.05) is 6.07 Å². The lowest BCUT2D eigenvalue weighted by atomic mass is 10.0. The van der Waals surface area contributed by atoms with Gasteiger partial charge in [0.05, 0.1) is 33.0 Å². The van der Waals surface area contributed by atoms with Crippen LogP contribution in [-0.2, 0) is 0 Å². The number of rotatable bonds is 6. The summed E-state index contributed by atoms with van der Waals surface area (Å²) in [5, 5.41) is 24.6. The average molecular weight is 414 g/mol. The van der Waals surface area contributed by atoms with E-state index >= 15 is 0 Å². The summed E-state index contributed by atoms with van der Waals surface area (Å²) in [7, 11) is 0. The summed E-state index contributed by atoms with van der Waals surface area (Å²) >= 11 is 5.83. The lowest BCUT2D eigenvalue weighted by molar-refractivity contribution is -0.384. The second-order valence-electron chi connectivity index (χ2n) is 6.28. The zero-order valence-corrected chi connectivity index (χ0v) is 16.2. The maximum absolute atomic E-state index is 11.4. The van der Waals surface area contributed by atoms with Crippen LogP contribution in [0.25, 0.3) is 11.3 Å². The van der Waals surface area contributed by atoms with Gasteiger partial charge in [-0.1, -0.05) is 11.6 Å². The van der Waals surface area contributed by atoms with Crippen LogP contribution in [0.2, 0.25) is 5.02 Å². The van der Waals surface area contributed by atoms with Crippen molar-refractivity contribution >= 4 is 35.2 Å². The Morgan fingerprint density at radius 3 is 2.62 bits per heavy atom. The number of nitrogens with one attached hydrogen (secondary N) is 1. The molecule has 0 radical (unpaired) electrons. The Morgan fingerprint density at radius 1 is 1.21 bits per heavy atom. The zero-order chi connectivity index (χ0) is 21.1. The fourth-order valence-electron chi connectivity index (χ4n) is 2.65. The van der Waals surface area contributed by atoms with Crippen LogP contribution in [0.3, 0.4) is 0 Å². The third kappa shape index (κ3) is 4.44. The molecule has 0 amide bonds. The number of nitro benzene ring substituents is 1. The van der Waals surface area contributed by atoms with Crippen LogP contribution in [0.5, 0.6) is 0 Å². The van der Waals surface area contributed by atoms with Crippen LogP contribution < -0.4 is 5.43 Å². The van der Waals surface area contributed by atoms with E-state index in [2.05, 4.69) is 10.5 Å². The fraction of sp³-hybridized carbons (Fsp3) is 0.100. The molecular formula is C20H16ClN3O5. The molecule has 0 spiro atoms. The van der Waals surface area contributed by atoms with Crippen molar-refractivity contribution in [2.75, 3.05) is 5.43 Å². The second kappa shape index (κ2) is 8.15. The monoisotopic (exact) mass is 413 g/mol. The molecule has 9 heteroatoms. The number of furan rings is 1. The Balaban J connectivity index is 1.81. The van der Waals surface area contributed by atoms with E-state index in [4.69, 9.17) is 21.1 Å². The molecule has 0 aliphatic rings. The summed E-state index contributed by atoms with van der Waals surface area (Å²) < 4.78 is 5.67. The third-order valence-corrected chi connectivity index (χ3v) is 4.61. The molecule has 0 fully saturated rings. The minimum Gasteiger partial charge on any atom is -0.478 e. The molecule has 8 nitrogen and oxygen atoms in total. The van der Waals surface area contributed by atoms with Crippen molar-refractivity contribution in [2.45, 2.75) is 13.8 Å². The fourth-order valence-corrected chi connectivity index (χ4v) is 2.84. The van der Waals surface area contributed by atoms with Gasteiger partial charge in [-0.15, -0.1) is 0 Å². The van der Waals surface area contributed by atoms with Crippen molar-refractivity contribution in [1.29, 1.82) is 0 Å². The number of aryl methyl sites for hydroxylation is 2. The first kappa shape index (κ1) is 20.1. The molecule has 0 atom stereocenters. The van der Waals surface area contributed by atoms with Crippen LogP contribution in [0, 0.1) is 24.0 Å². The molecule has 1 aromatic heterocycles. The van der Waals surface area contributed by atoms with Gasteiger partial charge in [-0.3, -0.25) is 15.5 Å². The van der Waals surface area contributed by atoms with Gasteiger partial charge in [0.1, 0.15) is 11.5 Å². The summed E-state index contributed by atoms with van der Waals surface area (Å²) in [5.74, 6) is -0.429. The standard InChI is InChI=1S/C20H16ClN3O5/c1-11-7-16(18(24(27)28)8-12(11)2)19-6-4-14(29-19)10-22-23-13-3-5-17(21)15(9-13)20(25)26/h3-10,23H,1-2H3,(H,25,26). The number of hydrogen-bond donors (Lipinski definition) is 2. The number of benzene rings is 2. The highest BCUT2D eigenvalue weighted by Crippen LogP contribution is 2.33. The highest BCUT2D eigenvalue weighted by molar-refractivity contribution is 6.33. The normalized spacial score (nSPS) is 11.0. The predicted octanol–water partition coefficient (Wildman–Crippen LogP) is 5.27. The van der Waals surface area contributed by atoms with E-state index < -0.39 is 10.9 Å². The molecule has 0 aliphatic heterocycles. The van der Waals surface area contributed by atoms with E-state index in [1.165, 1.54) is 24.4 Å². The van der Waals surface area contributed by atoms with Crippen LogP contribution >= 0.6 is 11.6 Å². The van der Waals surface area contributed by atoms with E-state index in [0.29, 0.717) is 22.8 Å². The summed E-state index contributed by atoms with van der Waals surface area (Å²) in [4.78, 5) is 22.0. The lowest BCUT2D eigenvalue weighted by Crippen LogP contribution is -1.99. The number of nitrogens with zero attached hydrogens (tertiary/aromatic N) is 2. The molecule has 0 bridgehead atoms. The number of hydrogen-bond acceptors (Lipinski definition) is 6. The maximum Gasteiger partial charge on any atom is 0.337 e. The number of carboxylic acid groups (broad SMARTS) is 1. The van der Waals surface area contributed by atoms with Crippen molar-refractivity contribution in [1.82, 2.24) is 0 Å². The Hall–Kier alpha value is -3.65. The van der Waals surface area contributed by atoms with E-state index in [-0.39, 0.29) is 16.3 Å². The highest BCUT2D eigenvalue weighted by Gasteiger charge is 2.19. The van der Waals surface area contributed by atoms with Crippen molar-refractivity contribution < 1.29 is 19.2 Å². The molecular weight excluding hydrogens is 398 g/mol. The van der Waals surface area contributed by atoms with Gasteiger partial charge in [0.2, 0.25) is 0 Å². The zero-order valence-electron chi connectivity index (χ0n) is 15.5. The first-order valence-corrected chi connectivity index (χ1v) is 8.82. The first-order chi connectivity index (χ1) is 13.8. The number of nitro groups is 1. The number of anilines is 1.